The van der Waals surface area contributed by atoms with E-state index in [9.17, 15) is 4.79 Å². The van der Waals surface area contributed by atoms with Gasteiger partial charge in [-0.3, -0.25) is 9.69 Å². The van der Waals surface area contributed by atoms with Crippen LogP contribution in [0.15, 0.2) is 54.6 Å². The number of thiocarbonyl (C=S) groups is 1. The maximum atomic E-state index is 12.6. The number of rotatable bonds is 4. The molecule has 1 fully saturated rings. The Hall–Kier alpha value is -2.40. The summed E-state index contributed by atoms with van der Waals surface area (Å²) < 4.78 is 5.17. The van der Waals surface area contributed by atoms with Gasteiger partial charge >= 0.3 is 0 Å². The Morgan fingerprint density at radius 1 is 1.09 bits per heavy atom. The number of methoxy groups -OCH3 is 1. The lowest BCUT2D eigenvalue weighted by atomic mass is 10.2. The molecule has 1 aliphatic heterocycles. The highest BCUT2D eigenvalue weighted by atomic mass is 32.1. The fourth-order valence-corrected chi connectivity index (χ4v) is 3.07. The fraction of sp³-hybridized carbons (Fsp3) is 0.222. The molecular formula is C18H18N2O2S. The molecule has 1 aliphatic rings. The van der Waals surface area contributed by atoms with Gasteiger partial charge in [-0.25, -0.2) is 0 Å². The van der Waals surface area contributed by atoms with Crippen molar-refractivity contribution in [3.8, 4) is 5.75 Å². The molecule has 0 aliphatic carbocycles. The number of carbonyl (C=O) groups excluding carboxylic acids is 1. The minimum Gasteiger partial charge on any atom is -0.497 e. The summed E-state index contributed by atoms with van der Waals surface area (Å²) in [5.41, 5.74) is 1.90. The van der Waals surface area contributed by atoms with Gasteiger partial charge in [-0.1, -0.05) is 30.3 Å². The van der Waals surface area contributed by atoms with E-state index in [2.05, 4.69) is 0 Å². The summed E-state index contributed by atoms with van der Waals surface area (Å²) in [6.45, 7) is 2.49. The van der Waals surface area contributed by atoms with Gasteiger partial charge in [0.1, 0.15) is 11.8 Å². The van der Waals surface area contributed by atoms with Crippen LogP contribution in [0.25, 0.3) is 0 Å². The second-order valence-electron chi connectivity index (χ2n) is 5.44. The van der Waals surface area contributed by atoms with Crippen molar-refractivity contribution >= 4 is 28.9 Å². The maximum Gasteiger partial charge on any atom is 0.255 e. The standard InChI is InChI=1S/C18H18N2O2S/c1-13-17(21)20(15-6-4-3-5-7-15)18(23)19(13)12-14-8-10-16(22-2)11-9-14/h3-11,13H,12H2,1-2H3/t13-/m1/s1. The minimum atomic E-state index is -0.273. The third-order valence-electron chi connectivity index (χ3n) is 4.01. The number of hydrogen-bond donors (Lipinski definition) is 0. The number of amides is 1. The molecule has 0 N–H and O–H groups in total. The highest BCUT2D eigenvalue weighted by Crippen LogP contribution is 2.26. The molecule has 0 radical (unpaired) electrons. The van der Waals surface area contributed by atoms with Crippen molar-refractivity contribution in [2.75, 3.05) is 12.0 Å². The van der Waals surface area contributed by atoms with Crippen LogP contribution in [-0.2, 0) is 11.3 Å². The molecule has 2 aromatic rings. The van der Waals surface area contributed by atoms with Gasteiger partial charge in [0.25, 0.3) is 5.91 Å². The van der Waals surface area contributed by atoms with Gasteiger partial charge in [0.05, 0.1) is 12.8 Å². The number of anilines is 1. The summed E-state index contributed by atoms with van der Waals surface area (Å²) >= 11 is 5.55. The first-order chi connectivity index (χ1) is 11.1. The van der Waals surface area contributed by atoms with E-state index in [-0.39, 0.29) is 11.9 Å². The van der Waals surface area contributed by atoms with E-state index < -0.39 is 0 Å². The molecule has 118 valence electrons. The van der Waals surface area contributed by atoms with E-state index in [1.165, 1.54) is 0 Å². The topological polar surface area (TPSA) is 32.8 Å². The van der Waals surface area contributed by atoms with Gasteiger partial charge in [-0.15, -0.1) is 0 Å². The van der Waals surface area contributed by atoms with E-state index in [0.717, 1.165) is 17.0 Å². The quantitative estimate of drug-likeness (QED) is 0.808. The van der Waals surface area contributed by atoms with E-state index in [4.69, 9.17) is 17.0 Å². The molecule has 0 aromatic heterocycles. The first-order valence-corrected chi connectivity index (χ1v) is 7.85. The van der Waals surface area contributed by atoms with Crippen LogP contribution in [0.1, 0.15) is 12.5 Å². The molecule has 5 heteroatoms. The minimum absolute atomic E-state index is 0.00899. The van der Waals surface area contributed by atoms with Gasteiger partial charge in [-0.2, -0.15) is 0 Å². The second-order valence-corrected chi connectivity index (χ2v) is 5.81. The molecule has 0 saturated carbocycles. The van der Waals surface area contributed by atoms with Crippen molar-refractivity contribution < 1.29 is 9.53 Å². The van der Waals surface area contributed by atoms with Gasteiger partial charge in [0.2, 0.25) is 0 Å². The van der Waals surface area contributed by atoms with E-state index in [1.807, 2.05) is 66.4 Å². The summed E-state index contributed by atoms with van der Waals surface area (Å²) in [6.07, 6.45) is 0. The number of hydrogen-bond acceptors (Lipinski definition) is 3. The molecule has 0 bridgehead atoms. The summed E-state index contributed by atoms with van der Waals surface area (Å²) in [4.78, 5) is 16.2. The van der Waals surface area contributed by atoms with Crippen molar-refractivity contribution in [2.24, 2.45) is 0 Å². The lowest BCUT2D eigenvalue weighted by Crippen LogP contribution is -2.33. The van der Waals surface area contributed by atoms with E-state index >= 15 is 0 Å². The average molecular weight is 326 g/mol. The van der Waals surface area contributed by atoms with Crippen LogP contribution in [-0.4, -0.2) is 29.1 Å². The normalized spacial score (nSPS) is 17.7. The number of benzene rings is 2. The van der Waals surface area contributed by atoms with Crippen LogP contribution < -0.4 is 9.64 Å². The Bertz CT molecular complexity index is 716. The Morgan fingerprint density at radius 2 is 1.74 bits per heavy atom. The van der Waals surface area contributed by atoms with Crippen molar-refractivity contribution in [1.82, 2.24) is 4.90 Å². The molecule has 1 saturated heterocycles. The van der Waals surface area contributed by atoms with Gasteiger partial charge in [0.15, 0.2) is 5.11 Å². The molecule has 0 unspecified atom stereocenters. The summed E-state index contributed by atoms with van der Waals surface area (Å²) in [5.74, 6) is 0.822. The summed E-state index contributed by atoms with van der Waals surface area (Å²) in [5, 5.41) is 0.546. The molecule has 1 heterocycles. The van der Waals surface area contributed by atoms with Crippen LogP contribution in [0.2, 0.25) is 0 Å². The van der Waals surface area contributed by atoms with Crippen LogP contribution >= 0.6 is 12.2 Å². The smallest absolute Gasteiger partial charge is 0.255 e. The predicted molar refractivity (Wildman–Crippen MR) is 94.5 cm³/mol. The molecule has 3 rings (SSSR count). The average Bonchev–Trinajstić information content (AvgIpc) is 2.80. The summed E-state index contributed by atoms with van der Waals surface area (Å²) in [7, 11) is 1.64. The zero-order valence-electron chi connectivity index (χ0n) is 13.1. The first-order valence-electron chi connectivity index (χ1n) is 7.44. The van der Waals surface area contributed by atoms with E-state index in [1.54, 1.807) is 12.0 Å². The molecule has 1 amide bonds. The molecule has 0 spiro atoms. The first kappa shape index (κ1) is 15.5. The number of carbonyl (C=O) groups is 1. The van der Waals surface area contributed by atoms with Crippen LogP contribution in [0, 0.1) is 0 Å². The Balaban J connectivity index is 1.82. The van der Waals surface area contributed by atoms with Gasteiger partial charge < -0.3 is 9.64 Å². The summed E-state index contributed by atoms with van der Waals surface area (Å²) in [6, 6.07) is 17.1. The third-order valence-corrected chi connectivity index (χ3v) is 4.43. The lowest BCUT2D eigenvalue weighted by molar-refractivity contribution is -0.119. The lowest BCUT2D eigenvalue weighted by Gasteiger charge is -2.22. The molecular weight excluding hydrogens is 308 g/mol. The zero-order chi connectivity index (χ0) is 16.4. The molecule has 4 nitrogen and oxygen atoms in total. The van der Waals surface area contributed by atoms with Crippen molar-refractivity contribution in [1.29, 1.82) is 0 Å². The largest absolute Gasteiger partial charge is 0.497 e. The highest BCUT2D eigenvalue weighted by Gasteiger charge is 2.40. The van der Waals surface area contributed by atoms with Crippen LogP contribution in [0.3, 0.4) is 0 Å². The van der Waals surface area contributed by atoms with Crippen molar-refractivity contribution in [3.05, 3.63) is 60.2 Å². The monoisotopic (exact) mass is 326 g/mol. The molecule has 1 atom stereocenters. The third kappa shape index (κ3) is 2.92. The van der Waals surface area contributed by atoms with Crippen LogP contribution in [0.5, 0.6) is 5.75 Å². The van der Waals surface area contributed by atoms with Crippen molar-refractivity contribution in [3.63, 3.8) is 0 Å². The van der Waals surface area contributed by atoms with Crippen LogP contribution in [0.4, 0.5) is 5.69 Å². The number of ether oxygens (including phenoxy) is 1. The number of nitrogens with zero attached hydrogens (tertiary/aromatic N) is 2. The maximum absolute atomic E-state index is 12.6. The van der Waals surface area contributed by atoms with Crippen molar-refractivity contribution in [2.45, 2.75) is 19.5 Å². The predicted octanol–water partition coefficient (Wildman–Crippen LogP) is 3.22. The molecule has 23 heavy (non-hydrogen) atoms. The highest BCUT2D eigenvalue weighted by molar-refractivity contribution is 7.80. The zero-order valence-corrected chi connectivity index (χ0v) is 13.9. The Morgan fingerprint density at radius 3 is 2.35 bits per heavy atom. The Labute approximate surface area is 141 Å². The van der Waals surface area contributed by atoms with Gasteiger partial charge in [-0.05, 0) is 49.0 Å². The second kappa shape index (κ2) is 6.38. The number of para-hydroxylation sites is 1. The molecule has 2 aromatic carbocycles. The fourth-order valence-electron chi connectivity index (χ4n) is 2.66. The van der Waals surface area contributed by atoms with Gasteiger partial charge in [0, 0.05) is 6.54 Å². The van der Waals surface area contributed by atoms with E-state index in [0.29, 0.717) is 11.7 Å². The SMILES string of the molecule is COc1ccc(CN2C(=S)N(c3ccccc3)C(=O)[C@H]2C)cc1. The Kier molecular flexibility index (Phi) is 4.30.